The van der Waals surface area contributed by atoms with Crippen LogP contribution in [0.3, 0.4) is 0 Å². The molecule has 0 aromatic rings. The van der Waals surface area contributed by atoms with Gasteiger partial charge in [-0.3, -0.25) is 4.90 Å². The summed E-state index contributed by atoms with van der Waals surface area (Å²) in [4.78, 5) is 2.48. The number of rotatable bonds is 8. The summed E-state index contributed by atoms with van der Waals surface area (Å²) in [7, 11) is 0. The van der Waals surface area contributed by atoms with E-state index < -0.39 is 0 Å². The molecule has 0 aromatic carbocycles. The molecule has 1 atom stereocenters. The molecule has 16 heavy (non-hydrogen) atoms. The lowest BCUT2D eigenvalue weighted by atomic mass is 10.2. The Kier molecular flexibility index (Phi) is 4.26. The Labute approximate surface area is 99.8 Å². The van der Waals surface area contributed by atoms with Crippen LogP contribution in [-0.2, 0) is 0 Å². The lowest BCUT2D eigenvalue weighted by Crippen LogP contribution is -2.37. The van der Waals surface area contributed by atoms with Gasteiger partial charge in [-0.2, -0.15) is 0 Å². The van der Waals surface area contributed by atoms with Gasteiger partial charge in [-0.05, 0) is 51.5 Å². The molecule has 0 bridgehead atoms. The molecule has 0 aliphatic heterocycles. The second kappa shape index (κ2) is 5.70. The molecular formula is C14H24N2. The lowest BCUT2D eigenvalue weighted by Gasteiger charge is -2.27. The van der Waals surface area contributed by atoms with E-state index in [4.69, 9.17) is 6.42 Å². The summed E-state index contributed by atoms with van der Waals surface area (Å²) >= 11 is 0. The first-order chi connectivity index (χ1) is 7.79. The van der Waals surface area contributed by atoms with Crippen molar-refractivity contribution in [1.29, 1.82) is 0 Å². The van der Waals surface area contributed by atoms with Gasteiger partial charge in [0.25, 0.3) is 0 Å². The molecule has 2 heteroatoms. The largest absolute Gasteiger partial charge is 0.314 e. The first-order valence-electron chi connectivity index (χ1n) is 6.70. The van der Waals surface area contributed by atoms with Gasteiger partial charge in [0.1, 0.15) is 0 Å². The zero-order chi connectivity index (χ0) is 11.4. The SMILES string of the molecule is C#CCN(CC1CC1)C(C)CCNC1CC1. The minimum atomic E-state index is 0.628. The maximum absolute atomic E-state index is 5.44. The third kappa shape index (κ3) is 4.15. The van der Waals surface area contributed by atoms with Crippen LogP contribution in [0.4, 0.5) is 0 Å². The molecule has 0 heterocycles. The van der Waals surface area contributed by atoms with Gasteiger partial charge in [0, 0.05) is 18.6 Å². The van der Waals surface area contributed by atoms with Crippen LogP contribution in [0.5, 0.6) is 0 Å². The second-order valence-electron chi connectivity index (χ2n) is 5.44. The van der Waals surface area contributed by atoms with Gasteiger partial charge in [0.2, 0.25) is 0 Å². The van der Waals surface area contributed by atoms with Crippen LogP contribution < -0.4 is 5.32 Å². The fraction of sp³-hybridized carbons (Fsp3) is 0.857. The van der Waals surface area contributed by atoms with Crippen molar-refractivity contribution in [2.45, 2.75) is 51.1 Å². The molecule has 90 valence electrons. The molecule has 1 N–H and O–H groups in total. The minimum Gasteiger partial charge on any atom is -0.314 e. The van der Waals surface area contributed by atoms with Crippen LogP contribution in [0.1, 0.15) is 39.0 Å². The molecule has 2 aliphatic carbocycles. The third-order valence-electron chi connectivity index (χ3n) is 3.68. The van der Waals surface area contributed by atoms with E-state index in [0.29, 0.717) is 6.04 Å². The summed E-state index contributed by atoms with van der Waals surface area (Å²) in [5.74, 6) is 3.74. The molecule has 0 aromatic heterocycles. The normalized spacial score (nSPS) is 22.1. The van der Waals surface area contributed by atoms with E-state index in [0.717, 1.165) is 25.0 Å². The summed E-state index contributed by atoms with van der Waals surface area (Å²) < 4.78 is 0. The number of hydrogen-bond donors (Lipinski definition) is 1. The molecular weight excluding hydrogens is 196 g/mol. The predicted molar refractivity (Wildman–Crippen MR) is 68.2 cm³/mol. The molecule has 1 unspecified atom stereocenters. The van der Waals surface area contributed by atoms with E-state index in [1.807, 2.05) is 0 Å². The maximum atomic E-state index is 5.44. The van der Waals surface area contributed by atoms with Crippen molar-refractivity contribution in [3.05, 3.63) is 0 Å². The number of nitrogens with one attached hydrogen (secondary N) is 1. The van der Waals surface area contributed by atoms with E-state index in [1.54, 1.807) is 0 Å². The zero-order valence-corrected chi connectivity index (χ0v) is 10.4. The van der Waals surface area contributed by atoms with Crippen molar-refractivity contribution in [2.24, 2.45) is 5.92 Å². The van der Waals surface area contributed by atoms with Gasteiger partial charge in [-0.25, -0.2) is 0 Å². The highest BCUT2D eigenvalue weighted by Crippen LogP contribution is 2.30. The highest BCUT2D eigenvalue weighted by molar-refractivity contribution is 4.92. The Hall–Kier alpha value is -0.520. The average molecular weight is 220 g/mol. The molecule has 2 nitrogen and oxygen atoms in total. The fourth-order valence-corrected chi connectivity index (χ4v) is 2.12. The van der Waals surface area contributed by atoms with Crippen LogP contribution >= 0.6 is 0 Å². The quantitative estimate of drug-likeness (QED) is 0.628. The van der Waals surface area contributed by atoms with Gasteiger partial charge in [-0.1, -0.05) is 5.92 Å². The van der Waals surface area contributed by atoms with E-state index in [-0.39, 0.29) is 0 Å². The zero-order valence-electron chi connectivity index (χ0n) is 10.4. The summed E-state index contributed by atoms with van der Waals surface area (Å²) in [6.07, 6.45) is 12.3. The second-order valence-corrected chi connectivity index (χ2v) is 5.44. The third-order valence-corrected chi connectivity index (χ3v) is 3.68. The molecule has 2 fully saturated rings. The van der Waals surface area contributed by atoms with Gasteiger partial charge in [-0.15, -0.1) is 6.42 Å². The van der Waals surface area contributed by atoms with Crippen molar-refractivity contribution in [1.82, 2.24) is 10.2 Å². The summed E-state index contributed by atoms with van der Waals surface area (Å²) in [5, 5.41) is 3.58. The molecule has 2 rings (SSSR count). The molecule has 0 amide bonds. The number of terminal acetylenes is 1. The summed E-state index contributed by atoms with van der Waals surface area (Å²) in [6, 6.07) is 1.46. The van der Waals surface area contributed by atoms with Gasteiger partial charge >= 0.3 is 0 Å². The first-order valence-corrected chi connectivity index (χ1v) is 6.70. The topological polar surface area (TPSA) is 15.3 Å². The Morgan fingerprint density at radius 2 is 2.12 bits per heavy atom. The Bertz CT molecular complexity index is 248. The van der Waals surface area contributed by atoms with Crippen LogP contribution in [0.2, 0.25) is 0 Å². The molecule has 0 spiro atoms. The Morgan fingerprint density at radius 3 is 2.69 bits per heavy atom. The molecule has 0 saturated heterocycles. The van der Waals surface area contributed by atoms with E-state index >= 15 is 0 Å². The van der Waals surface area contributed by atoms with E-state index in [9.17, 15) is 0 Å². The molecule has 2 saturated carbocycles. The van der Waals surface area contributed by atoms with Crippen molar-refractivity contribution in [3.63, 3.8) is 0 Å². The molecule has 0 radical (unpaired) electrons. The average Bonchev–Trinajstić information content (AvgIpc) is 3.12. The van der Waals surface area contributed by atoms with Crippen LogP contribution in [-0.4, -0.2) is 36.6 Å². The van der Waals surface area contributed by atoms with Crippen molar-refractivity contribution in [2.75, 3.05) is 19.6 Å². The smallest absolute Gasteiger partial charge is 0.0601 e. The Balaban J connectivity index is 1.64. The highest BCUT2D eigenvalue weighted by Gasteiger charge is 2.26. The van der Waals surface area contributed by atoms with Gasteiger partial charge < -0.3 is 5.32 Å². The van der Waals surface area contributed by atoms with Crippen molar-refractivity contribution in [3.8, 4) is 12.3 Å². The predicted octanol–water partition coefficient (Wildman–Crippen LogP) is 1.86. The van der Waals surface area contributed by atoms with Crippen LogP contribution in [0.15, 0.2) is 0 Å². The first kappa shape index (κ1) is 12.0. The summed E-state index contributed by atoms with van der Waals surface area (Å²) in [6.45, 7) is 5.50. The van der Waals surface area contributed by atoms with E-state index in [2.05, 4.69) is 23.1 Å². The van der Waals surface area contributed by atoms with E-state index in [1.165, 1.54) is 38.6 Å². The number of nitrogens with zero attached hydrogens (tertiary/aromatic N) is 1. The van der Waals surface area contributed by atoms with Gasteiger partial charge in [0.15, 0.2) is 0 Å². The summed E-state index contributed by atoms with van der Waals surface area (Å²) in [5.41, 5.74) is 0. The Morgan fingerprint density at radius 1 is 1.38 bits per heavy atom. The number of hydrogen-bond acceptors (Lipinski definition) is 2. The monoisotopic (exact) mass is 220 g/mol. The van der Waals surface area contributed by atoms with Gasteiger partial charge in [0.05, 0.1) is 6.54 Å². The van der Waals surface area contributed by atoms with Crippen molar-refractivity contribution >= 4 is 0 Å². The highest BCUT2D eigenvalue weighted by atomic mass is 15.2. The fourth-order valence-electron chi connectivity index (χ4n) is 2.12. The molecule has 2 aliphatic rings. The van der Waals surface area contributed by atoms with Crippen LogP contribution in [0, 0.1) is 18.3 Å². The van der Waals surface area contributed by atoms with Crippen molar-refractivity contribution < 1.29 is 0 Å². The van der Waals surface area contributed by atoms with Crippen LogP contribution in [0.25, 0.3) is 0 Å². The maximum Gasteiger partial charge on any atom is 0.0601 e. The standard InChI is InChI=1S/C14H24N2/c1-3-10-16(11-13-4-5-13)12(2)8-9-15-14-6-7-14/h1,12-15H,4-11H2,2H3. The minimum absolute atomic E-state index is 0.628. The lowest BCUT2D eigenvalue weighted by molar-refractivity contribution is 0.214.